The molecule has 0 N–H and O–H groups in total. The van der Waals surface area contributed by atoms with Gasteiger partial charge in [-0.15, -0.1) is 0 Å². The standard InChI is InChI=1S/C5H5.4CH3.2ClH.Zr/c1-2-4-5-3-1;;;;;;;/h1-3H,4H2;4*1H3;2*1H;/q;;;;;;;+2/p-2. The first kappa shape index (κ1) is 15.4. The summed E-state index contributed by atoms with van der Waals surface area (Å²) in [6.07, 6.45) is 8.02. The number of halogens is 2. The van der Waals surface area contributed by atoms with Gasteiger partial charge in [-0.05, 0) is 0 Å². The van der Waals surface area contributed by atoms with Crippen LogP contribution in [0.2, 0.25) is 18.5 Å². The van der Waals surface area contributed by atoms with Gasteiger partial charge < -0.3 is 24.8 Å². The Balaban J connectivity index is 0. The Morgan fingerprint density at radius 3 is 1.75 bits per heavy atom. The van der Waals surface area contributed by atoms with Crippen molar-refractivity contribution < 1.29 is 43.6 Å². The van der Waals surface area contributed by atoms with E-state index in [-0.39, 0.29) is 24.8 Å². The Morgan fingerprint density at radius 1 is 1.08 bits per heavy atom. The number of allylic oxidation sites excluding steroid dienone is 4. The minimum Gasteiger partial charge on any atom is -1.00 e. The molecule has 0 nitrogen and oxygen atoms in total. The van der Waals surface area contributed by atoms with Gasteiger partial charge in [-0.2, -0.15) is 0 Å². The molecule has 3 heteroatoms. The largest absolute Gasteiger partial charge is 1.00 e. The molecular weight excluding hydrogens is 270 g/mol. The molecular formula is C9H17Cl2Zr. The molecule has 1 aliphatic rings. The van der Waals surface area contributed by atoms with Crippen LogP contribution in [0.25, 0.3) is 0 Å². The fourth-order valence-corrected chi connectivity index (χ4v) is 5.36. The van der Waals surface area contributed by atoms with Gasteiger partial charge in [0.15, 0.2) is 0 Å². The van der Waals surface area contributed by atoms with Gasteiger partial charge in [0, 0.05) is 0 Å². The summed E-state index contributed by atoms with van der Waals surface area (Å²) in [6, 6.07) is 0. The van der Waals surface area contributed by atoms with E-state index in [1.165, 1.54) is 6.42 Å². The van der Waals surface area contributed by atoms with Crippen LogP contribution in [0.15, 0.2) is 21.5 Å². The van der Waals surface area contributed by atoms with E-state index in [9.17, 15) is 0 Å². The molecule has 0 unspecified atom stereocenters. The molecule has 12 heavy (non-hydrogen) atoms. The van der Waals surface area contributed by atoms with Crippen molar-refractivity contribution in [2.24, 2.45) is 0 Å². The molecule has 0 fully saturated rings. The normalized spacial score (nSPS) is 16.2. The van der Waals surface area contributed by atoms with Crippen LogP contribution in [0.3, 0.4) is 0 Å². The van der Waals surface area contributed by atoms with Gasteiger partial charge in [-0.1, -0.05) is 0 Å². The molecule has 0 amide bonds. The molecule has 0 bridgehead atoms. The number of hydrogen-bond acceptors (Lipinski definition) is 0. The Kier molecular flexibility index (Phi) is 5.71. The molecule has 1 rings (SSSR count). The zero-order valence-electron chi connectivity index (χ0n) is 8.20. The van der Waals surface area contributed by atoms with Gasteiger partial charge in [0.05, 0.1) is 0 Å². The average Bonchev–Trinajstić information content (AvgIpc) is 2.04. The van der Waals surface area contributed by atoms with Crippen molar-refractivity contribution in [3.63, 3.8) is 0 Å². The molecule has 0 saturated carbocycles. The van der Waals surface area contributed by atoms with Gasteiger partial charge in [-0.25, -0.2) is 0 Å². The summed E-state index contributed by atoms with van der Waals surface area (Å²) in [6.45, 7) is 0. The van der Waals surface area contributed by atoms with Crippen molar-refractivity contribution in [2.45, 2.75) is 24.9 Å². The molecule has 0 aromatic rings. The minimum atomic E-state index is -2.20. The molecule has 71 valence electrons. The Bertz CT molecular complexity index is 199. The van der Waals surface area contributed by atoms with Crippen LogP contribution >= 0.6 is 0 Å². The first-order valence-corrected chi connectivity index (χ1v) is 15.0. The van der Waals surface area contributed by atoms with E-state index in [4.69, 9.17) is 0 Å². The minimum absolute atomic E-state index is 0. The van der Waals surface area contributed by atoms with Gasteiger partial charge in [-0.3, -0.25) is 0 Å². The molecule has 0 atom stereocenters. The summed E-state index contributed by atoms with van der Waals surface area (Å²) in [7, 11) is 0. The van der Waals surface area contributed by atoms with Crippen molar-refractivity contribution in [2.75, 3.05) is 0 Å². The maximum atomic E-state index is 2.49. The van der Waals surface area contributed by atoms with Crippen LogP contribution in [0.1, 0.15) is 6.42 Å². The number of hydrogen-bond donors (Lipinski definition) is 0. The molecule has 0 spiro atoms. The van der Waals surface area contributed by atoms with E-state index in [1.807, 2.05) is 0 Å². The third-order valence-electron chi connectivity index (χ3n) is 2.06. The smallest absolute Gasteiger partial charge is 1.00 e. The zero-order chi connectivity index (χ0) is 7.85. The summed E-state index contributed by atoms with van der Waals surface area (Å²) in [5.41, 5.74) is 0. The summed E-state index contributed by atoms with van der Waals surface area (Å²) < 4.78 is 11.7. The maximum Gasteiger partial charge on any atom is -1.00 e. The second-order valence-electron chi connectivity index (χ2n) is 5.32. The quantitative estimate of drug-likeness (QED) is 0.510. The zero-order valence-corrected chi connectivity index (χ0v) is 12.2. The fourth-order valence-electron chi connectivity index (χ4n) is 1.19. The predicted molar refractivity (Wildman–Crippen MR) is 45.3 cm³/mol. The second-order valence-corrected chi connectivity index (χ2v) is 26.6. The Morgan fingerprint density at radius 2 is 1.58 bits per heavy atom. The van der Waals surface area contributed by atoms with E-state index in [0.29, 0.717) is 0 Å². The van der Waals surface area contributed by atoms with Gasteiger partial charge in [0.25, 0.3) is 0 Å². The van der Waals surface area contributed by atoms with E-state index < -0.39 is 18.8 Å². The fraction of sp³-hybridized carbons (Fsp3) is 0.556. The molecule has 0 heterocycles. The summed E-state index contributed by atoms with van der Waals surface area (Å²) in [5, 5.41) is 0. The van der Waals surface area contributed by atoms with Crippen LogP contribution in [-0.2, 0) is 18.8 Å². The maximum absolute atomic E-state index is 2.49. The third-order valence-corrected chi connectivity index (χ3v) is 9.28. The van der Waals surface area contributed by atoms with Crippen LogP contribution in [-0.4, -0.2) is 0 Å². The summed E-state index contributed by atoms with van der Waals surface area (Å²) in [4.78, 5) is 0. The van der Waals surface area contributed by atoms with Gasteiger partial charge in [0.2, 0.25) is 0 Å². The molecule has 0 aromatic heterocycles. The van der Waals surface area contributed by atoms with Crippen molar-refractivity contribution in [1.82, 2.24) is 0 Å². The van der Waals surface area contributed by atoms with E-state index in [0.717, 1.165) is 0 Å². The van der Waals surface area contributed by atoms with Gasteiger partial charge >= 0.3 is 65.2 Å². The molecule has 0 radical (unpaired) electrons. The third kappa shape index (κ3) is 4.26. The monoisotopic (exact) mass is 285 g/mol. The van der Waals surface area contributed by atoms with Crippen molar-refractivity contribution in [3.05, 3.63) is 21.5 Å². The topological polar surface area (TPSA) is 0 Å². The van der Waals surface area contributed by atoms with Crippen molar-refractivity contribution >= 4 is 0 Å². The average molecular weight is 287 g/mol. The van der Waals surface area contributed by atoms with Crippen LogP contribution in [0.4, 0.5) is 0 Å². The summed E-state index contributed by atoms with van der Waals surface area (Å²) in [5.74, 6) is 0. The SMILES string of the molecule is [CH3][Zr+2]([CH3])([CH3])([CH3])[C]1=CC=CC1.[Cl-].[Cl-]. The van der Waals surface area contributed by atoms with Crippen molar-refractivity contribution in [1.29, 1.82) is 0 Å². The van der Waals surface area contributed by atoms with Gasteiger partial charge in [0.1, 0.15) is 0 Å². The summed E-state index contributed by atoms with van der Waals surface area (Å²) >= 11 is -2.20. The van der Waals surface area contributed by atoms with Crippen LogP contribution in [0, 0.1) is 0 Å². The van der Waals surface area contributed by atoms with E-state index in [1.54, 1.807) is 3.28 Å². The van der Waals surface area contributed by atoms with E-state index >= 15 is 0 Å². The first-order valence-electron chi connectivity index (χ1n) is 3.97. The Labute approximate surface area is 89.5 Å². The second kappa shape index (κ2) is 4.44. The van der Waals surface area contributed by atoms with Crippen LogP contribution in [0.5, 0.6) is 0 Å². The molecule has 0 saturated heterocycles. The van der Waals surface area contributed by atoms with E-state index in [2.05, 4.69) is 36.8 Å². The predicted octanol–water partition coefficient (Wildman–Crippen LogP) is -2.28. The number of rotatable bonds is 1. The van der Waals surface area contributed by atoms with Crippen LogP contribution < -0.4 is 24.8 Å². The first-order chi connectivity index (χ1) is 4.36. The molecule has 0 aromatic carbocycles. The Hall–Kier alpha value is 0.943. The van der Waals surface area contributed by atoms with Crippen molar-refractivity contribution in [3.8, 4) is 0 Å². The molecule has 0 aliphatic heterocycles. The molecule has 1 aliphatic carbocycles.